The van der Waals surface area contributed by atoms with Crippen molar-refractivity contribution >= 4 is 12.0 Å². The predicted octanol–water partition coefficient (Wildman–Crippen LogP) is 2.17. The number of esters is 1. The highest BCUT2D eigenvalue weighted by Crippen LogP contribution is 2.07. The molecule has 0 saturated heterocycles. The minimum Gasteiger partial charge on any atom is -0.462 e. The first kappa shape index (κ1) is 11.1. The monoisotopic (exact) mass is 204 g/mol. The van der Waals surface area contributed by atoms with E-state index in [9.17, 15) is 4.79 Å². The van der Waals surface area contributed by atoms with Gasteiger partial charge in [0.1, 0.15) is 18.1 Å². The Labute approximate surface area is 88.7 Å². The van der Waals surface area contributed by atoms with Gasteiger partial charge in [0.15, 0.2) is 0 Å². The first-order valence-electron chi connectivity index (χ1n) is 4.57. The highest BCUT2D eigenvalue weighted by molar-refractivity contribution is 5.86. The van der Waals surface area contributed by atoms with Gasteiger partial charge in [-0.05, 0) is 25.1 Å². The molecule has 0 saturated carbocycles. The van der Waals surface area contributed by atoms with Crippen LogP contribution in [0.5, 0.6) is 0 Å². The van der Waals surface area contributed by atoms with Crippen molar-refractivity contribution in [3.05, 3.63) is 29.7 Å². The zero-order chi connectivity index (χ0) is 11.1. The number of terminal acetylenes is 1. The van der Waals surface area contributed by atoms with Gasteiger partial charge in [0.2, 0.25) is 0 Å². The van der Waals surface area contributed by atoms with Crippen LogP contribution in [-0.4, -0.2) is 12.6 Å². The summed E-state index contributed by atoms with van der Waals surface area (Å²) in [4.78, 5) is 11.1. The SMILES string of the molecule is C#CCCOC(=O)/C=C/c1ccc(C)o1. The number of aryl methyl sites for hydroxylation is 1. The molecule has 0 N–H and O–H groups in total. The van der Waals surface area contributed by atoms with Crippen LogP contribution in [0.25, 0.3) is 6.08 Å². The van der Waals surface area contributed by atoms with Crippen molar-refractivity contribution in [2.24, 2.45) is 0 Å². The highest BCUT2D eigenvalue weighted by atomic mass is 16.5. The second kappa shape index (κ2) is 5.71. The zero-order valence-electron chi connectivity index (χ0n) is 8.53. The Morgan fingerprint density at radius 3 is 3.07 bits per heavy atom. The van der Waals surface area contributed by atoms with E-state index in [1.54, 1.807) is 12.1 Å². The smallest absolute Gasteiger partial charge is 0.330 e. The molecule has 0 aliphatic rings. The summed E-state index contributed by atoms with van der Waals surface area (Å²) >= 11 is 0. The molecule has 3 nitrogen and oxygen atoms in total. The van der Waals surface area contributed by atoms with Crippen molar-refractivity contribution in [1.29, 1.82) is 0 Å². The van der Waals surface area contributed by atoms with Crippen LogP contribution in [0.3, 0.4) is 0 Å². The van der Waals surface area contributed by atoms with E-state index in [4.69, 9.17) is 15.6 Å². The molecule has 0 aliphatic carbocycles. The summed E-state index contributed by atoms with van der Waals surface area (Å²) in [6.45, 7) is 2.08. The fourth-order valence-electron chi connectivity index (χ4n) is 0.952. The third-order valence-electron chi connectivity index (χ3n) is 1.64. The van der Waals surface area contributed by atoms with Crippen LogP contribution in [0.2, 0.25) is 0 Å². The van der Waals surface area contributed by atoms with Gasteiger partial charge >= 0.3 is 5.97 Å². The largest absolute Gasteiger partial charge is 0.462 e. The molecule has 0 bridgehead atoms. The van der Waals surface area contributed by atoms with E-state index in [0.29, 0.717) is 12.2 Å². The van der Waals surface area contributed by atoms with Gasteiger partial charge in [-0.1, -0.05) is 0 Å². The Kier molecular flexibility index (Phi) is 4.24. The Hall–Kier alpha value is -1.95. The van der Waals surface area contributed by atoms with Gasteiger partial charge in [-0.15, -0.1) is 12.3 Å². The molecule has 0 spiro atoms. The number of hydrogen-bond donors (Lipinski definition) is 0. The lowest BCUT2D eigenvalue weighted by molar-refractivity contribution is -0.137. The van der Waals surface area contributed by atoms with Crippen molar-refractivity contribution < 1.29 is 13.9 Å². The molecule has 15 heavy (non-hydrogen) atoms. The summed E-state index contributed by atoms with van der Waals surface area (Å²) < 4.78 is 10.0. The summed E-state index contributed by atoms with van der Waals surface area (Å²) in [6, 6.07) is 3.60. The highest BCUT2D eigenvalue weighted by Gasteiger charge is 1.97. The van der Waals surface area contributed by atoms with Gasteiger partial charge < -0.3 is 9.15 Å². The first-order valence-corrected chi connectivity index (χ1v) is 4.57. The third kappa shape index (κ3) is 4.19. The molecular weight excluding hydrogens is 192 g/mol. The van der Waals surface area contributed by atoms with Crippen LogP contribution in [0.1, 0.15) is 17.9 Å². The van der Waals surface area contributed by atoms with Crippen LogP contribution in [0.15, 0.2) is 22.6 Å². The lowest BCUT2D eigenvalue weighted by atomic mass is 10.4. The molecule has 0 aliphatic heterocycles. The number of carbonyl (C=O) groups is 1. The number of ether oxygens (including phenoxy) is 1. The summed E-state index contributed by atoms with van der Waals surface area (Å²) in [5, 5.41) is 0. The summed E-state index contributed by atoms with van der Waals surface area (Å²) in [5.74, 6) is 3.39. The fraction of sp³-hybridized carbons (Fsp3) is 0.250. The lowest BCUT2D eigenvalue weighted by Gasteiger charge is -1.96. The molecule has 1 rings (SSSR count). The molecule has 0 fully saturated rings. The zero-order valence-corrected chi connectivity index (χ0v) is 8.53. The second-order valence-corrected chi connectivity index (χ2v) is 2.90. The van der Waals surface area contributed by atoms with Crippen LogP contribution in [0.4, 0.5) is 0 Å². The first-order chi connectivity index (χ1) is 7.22. The second-order valence-electron chi connectivity index (χ2n) is 2.90. The van der Waals surface area contributed by atoms with E-state index < -0.39 is 5.97 Å². The maximum Gasteiger partial charge on any atom is 0.330 e. The molecule has 0 radical (unpaired) electrons. The summed E-state index contributed by atoms with van der Waals surface area (Å²) in [7, 11) is 0. The van der Waals surface area contributed by atoms with E-state index >= 15 is 0 Å². The van der Waals surface area contributed by atoms with E-state index in [2.05, 4.69) is 5.92 Å². The molecule has 1 aromatic heterocycles. The van der Waals surface area contributed by atoms with Crippen molar-refractivity contribution in [3.8, 4) is 12.3 Å². The fourth-order valence-corrected chi connectivity index (χ4v) is 0.952. The maximum absolute atomic E-state index is 11.1. The third-order valence-corrected chi connectivity index (χ3v) is 1.64. The normalized spacial score (nSPS) is 10.1. The van der Waals surface area contributed by atoms with Crippen molar-refractivity contribution in [2.45, 2.75) is 13.3 Å². The van der Waals surface area contributed by atoms with Crippen molar-refractivity contribution in [2.75, 3.05) is 6.61 Å². The Morgan fingerprint density at radius 2 is 2.47 bits per heavy atom. The molecule has 1 aromatic rings. The van der Waals surface area contributed by atoms with Gasteiger partial charge in [-0.2, -0.15) is 0 Å². The summed E-state index contributed by atoms with van der Waals surface area (Å²) in [6.07, 6.45) is 8.31. The van der Waals surface area contributed by atoms with Crippen LogP contribution in [-0.2, 0) is 9.53 Å². The van der Waals surface area contributed by atoms with Gasteiger partial charge in [0.25, 0.3) is 0 Å². The Balaban J connectivity index is 2.38. The molecule has 78 valence electrons. The van der Waals surface area contributed by atoms with Crippen LogP contribution in [0, 0.1) is 19.3 Å². The summed E-state index contributed by atoms with van der Waals surface area (Å²) in [5.41, 5.74) is 0. The number of carbonyl (C=O) groups excluding carboxylic acids is 1. The lowest BCUT2D eigenvalue weighted by Crippen LogP contribution is -2.01. The quantitative estimate of drug-likeness (QED) is 0.326. The van der Waals surface area contributed by atoms with Crippen molar-refractivity contribution in [1.82, 2.24) is 0 Å². The standard InChI is InChI=1S/C12H12O3/c1-3-4-9-14-12(13)8-7-11-6-5-10(2)15-11/h1,5-8H,4,9H2,2H3/b8-7+. The molecule has 0 atom stereocenters. The number of furan rings is 1. The van der Waals surface area contributed by atoms with Gasteiger partial charge in [0.05, 0.1) is 0 Å². The van der Waals surface area contributed by atoms with E-state index in [-0.39, 0.29) is 6.61 Å². The van der Waals surface area contributed by atoms with Gasteiger partial charge in [-0.25, -0.2) is 4.79 Å². The predicted molar refractivity (Wildman–Crippen MR) is 56.9 cm³/mol. The Morgan fingerprint density at radius 1 is 1.67 bits per heavy atom. The molecule has 0 aromatic carbocycles. The molecule has 3 heteroatoms. The van der Waals surface area contributed by atoms with E-state index in [1.807, 2.05) is 13.0 Å². The number of hydrogen-bond acceptors (Lipinski definition) is 3. The topological polar surface area (TPSA) is 39.4 Å². The Bertz CT molecular complexity index is 393. The molecular formula is C12H12O3. The molecule has 0 unspecified atom stereocenters. The molecule has 0 amide bonds. The average molecular weight is 204 g/mol. The minimum absolute atomic E-state index is 0.247. The molecule has 1 heterocycles. The van der Waals surface area contributed by atoms with Gasteiger partial charge in [0, 0.05) is 12.5 Å². The van der Waals surface area contributed by atoms with Crippen LogP contribution < -0.4 is 0 Å². The van der Waals surface area contributed by atoms with Crippen LogP contribution >= 0.6 is 0 Å². The average Bonchev–Trinajstić information content (AvgIpc) is 2.62. The minimum atomic E-state index is -0.417. The van der Waals surface area contributed by atoms with Gasteiger partial charge in [-0.3, -0.25) is 0 Å². The number of rotatable bonds is 4. The van der Waals surface area contributed by atoms with E-state index in [1.165, 1.54) is 6.08 Å². The van der Waals surface area contributed by atoms with Crippen molar-refractivity contribution in [3.63, 3.8) is 0 Å². The van der Waals surface area contributed by atoms with E-state index in [0.717, 1.165) is 5.76 Å². The maximum atomic E-state index is 11.1.